The third-order valence-electron chi connectivity index (χ3n) is 4.65. The van der Waals surface area contributed by atoms with Crippen LogP contribution in [0.4, 0.5) is 4.79 Å². The van der Waals surface area contributed by atoms with Gasteiger partial charge >= 0.3 is 6.03 Å². The molecule has 118 valence electrons. The number of nitrogens with one attached hydrogen (secondary N) is 2. The summed E-state index contributed by atoms with van der Waals surface area (Å²) in [6, 6.07) is -0.106. The van der Waals surface area contributed by atoms with Gasteiger partial charge < -0.3 is 20.5 Å². The van der Waals surface area contributed by atoms with Crippen molar-refractivity contribution in [3.8, 4) is 0 Å². The molecule has 1 heterocycles. The highest BCUT2D eigenvalue weighted by molar-refractivity contribution is 5.74. The summed E-state index contributed by atoms with van der Waals surface area (Å²) in [4.78, 5) is 12.0. The molecular formula is C15H30N2O3. The summed E-state index contributed by atoms with van der Waals surface area (Å²) >= 11 is 0. The average molecular weight is 286 g/mol. The fraction of sp³-hybridized carbons (Fsp3) is 0.933. The molecule has 0 aromatic carbocycles. The molecule has 20 heavy (non-hydrogen) atoms. The molecule has 1 fully saturated rings. The first-order valence-corrected chi connectivity index (χ1v) is 7.83. The van der Waals surface area contributed by atoms with Crippen LogP contribution in [0.3, 0.4) is 0 Å². The zero-order valence-electron chi connectivity index (χ0n) is 13.1. The Balaban J connectivity index is 2.37. The van der Waals surface area contributed by atoms with E-state index in [0.29, 0.717) is 6.54 Å². The van der Waals surface area contributed by atoms with Crippen LogP contribution in [0.1, 0.15) is 52.9 Å². The number of urea groups is 1. The van der Waals surface area contributed by atoms with Gasteiger partial charge in [-0.3, -0.25) is 0 Å². The Hall–Kier alpha value is -0.810. The van der Waals surface area contributed by atoms with Crippen LogP contribution in [0.5, 0.6) is 0 Å². The lowest BCUT2D eigenvalue weighted by Gasteiger charge is -2.31. The van der Waals surface area contributed by atoms with Crippen LogP contribution in [0.25, 0.3) is 0 Å². The topological polar surface area (TPSA) is 70.6 Å². The van der Waals surface area contributed by atoms with Crippen LogP contribution in [-0.4, -0.2) is 43.0 Å². The van der Waals surface area contributed by atoms with Crippen LogP contribution in [0.2, 0.25) is 0 Å². The minimum Gasteiger partial charge on any atom is -0.396 e. The molecule has 0 aromatic heterocycles. The zero-order valence-corrected chi connectivity index (χ0v) is 13.1. The number of ether oxygens (including phenoxy) is 1. The maximum atomic E-state index is 12.0. The summed E-state index contributed by atoms with van der Waals surface area (Å²) in [5.74, 6) is 0. The van der Waals surface area contributed by atoms with E-state index in [-0.39, 0.29) is 30.2 Å². The van der Waals surface area contributed by atoms with Gasteiger partial charge in [0, 0.05) is 19.8 Å². The van der Waals surface area contributed by atoms with E-state index >= 15 is 0 Å². The number of aliphatic hydroxyl groups excluding tert-OH is 1. The van der Waals surface area contributed by atoms with E-state index in [1.807, 2.05) is 6.92 Å². The smallest absolute Gasteiger partial charge is 0.315 e. The second-order valence-electron chi connectivity index (χ2n) is 5.85. The normalized spacial score (nSPS) is 20.7. The molecule has 0 aromatic rings. The number of hydrogen-bond donors (Lipinski definition) is 3. The number of hydrogen-bond acceptors (Lipinski definition) is 3. The van der Waals surface area contributed by atoms with Gasteiger partial charge in [0.15, 0.2) is 0 Å². The largest absolute Gasteiger partial charge is 0.396 e. The van der Waals surface area contributed by atoms with Crippen molar-refractivity contribution in [1.29, 1.82) is 0 Å². The molecule has 1 saturated heterocycles. The molecular weight excluding hydrogens is 256 g/mol. The van der Waals surface area contributed by atoms with Gasteiger partial charge in [0.2, 0.25) is 0 Å². The standard InChI is InChI=1S/C15H30N2O3/c1-4-15(5-2,8-9-18)11-16-14(19)17-12(3)13-7-6-10-20-13/h12-13,18H,4-11H2,1-3H3,(H2,16,17,19). The summed E-state index contributed by atoms with van der Waals surface area (Å²) in [6.07, 6.45) is 4.85. The van der Waals surface area contributed by atoms with Crippen molar-refractivity contribution in [3.05, 3.63) is 0 Å². The minimum atomic E-state index is -0.141. The van der Waals surface area contributed by atoms with Crippen LogP contribution in [0.15, 0.2) is 0 Å². The molecule has 2 atom stereocenters. The molecule has 0 bridgehead atoms. The predicted octanol–water partition coefficient (Wildman–Crippen LogP) is 2.04. The molecule has 0 radical (unpaired) electrons. The van der Waals surface area contributed by atoms with Crippen LogP contribution >= 0.6 is 0 Å². The van der Waals surface area contributed by atoms with Gasteiger partial charge in [0.25, 0.3) is 0 Å². The van der Waals surface area contributed by atoms with Gasteiger partial charge in [-0.05, 0) is 44.4 Å². The Kier molecular flexibility index (Phi) is 7.30. The van der Waals surface area contributed by atoms with Crippen molar-refractivity contribution in [2.45, 2.75) is 65.0 Å². The highest BCUT2D eigenvalue weighted by Gasteiger charge is 2.27. The van der Waals surface area contributed by atoms with E-state index in [9.17, 15) is 9.90 Å². The molecule has 0 saturated carbocycles. The molecule has 1 aliphatic rings. The molecule has 5 nitrogen and oxygen atoms in total. The number of amides is 2. The lowest BCUT2D eigenvalue weighted by molar-refractivity contribution is 0.0855. The average Bonchev–Trinajstić information content (AvgIpc) is 2.98. The first-order chi connectivity index (χ1) is 9.56. The Labute approximate surface area is 122 Å². The van der Waals surface area contributed by atoms with Gasteiger partial charge in [-0.2, -0.15) is 0 Å². The van der Waals surface area contributed by atoms with Crippen LogP contribution < -0.4 is 10.6 Å². The minimum absolute atomic E-state index is 0.000807. The third-order valence-corrected chi connectivity index (χ3v) is 4.65. The Morgan fingerprint density at radius 1 is 1.45 bits per heavy atom. The molecule has 1 aliphatic heterocycles. The van der Waals surface area contributed by atoms with Gasteiger partial charge in [-0.25, -0.2) is 4.79 Å². The van der Waals surface area contributed by atoms with E-state index in [2.05, 4.69) is 24.5 Å². The van der Waals surface area contributed by atoms with Crippen molar-refractivity contribution in [1.82, 2.24) is 10.6 Å². The van der Waals surface area contributed by atoms with Crippen molar-refractivity contribution in [2.24, 2.45) is 5.41 Å². The molecule has 3 N–H and O–H groups in total. The van der Waals surface area contributed by atoms with E-state index in [4.69, 9.17) is 4.74 Å². The van der Waals surface area contributed by atoms with Crippen molar-refractivity contribution < 1.29 is 14.6 Å². The van der Waals surface area contributed by atoms with Gasteiger partial charge in [0.05, 0.1) is 12.1 Å². The molecule has 0 spiro atoms. The predicted molar refractivity (Wildman–Crippen MR) is 79.7 cm³/mol. The third kappa shape index (κ3) is 4.94. The van der Waals surface area contributed by atoms with E-state index in [0.717, 1.165) is 38.7 Å². The van der Waals surface area contributed by atoms with Crippen LogP contribution in [-0.2, 0) is 4.74 Å². The van der Waals surface area contributed by atoms with E-state index in [1.165, 1.54) is 0 Å². The quantitative estimate of drug-likeness (QED) is 0.639. The van der Waals surface area contributed by atoms with E-state index in [1.54, 1.807) is 0 Å². The Bertz CT molecular complexity index is 287. The summed E-state index contributed by atoms with van der Waals surface area (Å²) in [6.45, 7) is 7.75. The fourth-order valence-corrected chi connectivity index (χ4v) is 2.79. The SMILES string of the molecule is CCC(CC)(CCO)CNC(=O)NC(C)C1CCCO1. The fourth-order valence-electron chi connectivity index (χ4n) is 2.79. The lowest BCUT2D eigenvalue weighted by atomic mass is 9.79. The Morgan fingerprint density at radius 2 is 2.15 bits per heavy atom. The Morgan fingerprint density at radius 3 is 2.65 bits per heavy atom. The number of carbonyl (C=O) groups is 1. The summed E-state index contributed by atoms with van der Waals surface area (Å²) < 4.78 is 5.57. The highest BCUT2D eigenvalue weighted by Crippen LogP contribution is 2.29. The van der Waals surface area contributed by atoms with E-state index < -0.39 is 0 Å². The maximum absolute atomic E-state index is 12.0. The highest BCUT2D eigenvalue weighted by atomic mass is 16.5. The van der Waals surface area contributed by atoms with Crippen LogP contribution in [0, 0.1) is 5.41 Å². The van der Waals surface area contributed by atoms with Gasteiger partial charge in [0.1, 0.15) is 0 Å². The number of rotatable bonds is 8. The number of aliphatic hydroxyl groups is 1. The summed E-state index contributed by atoms with van der Waals surface area (Å²) in [5.41, 5.74) is -0.000807. The van der Waals surface area contributed by atoms with Crippen molar-refractivity contribution in [2.75, 3.05) is 19.8 Å². The van der Waals surface area contributed by atoms with Gasteiger partial charge in [-0.15, -0.1) is 0 Å². The zero-order chi connectivity index (χ0) is 15.0. The first-order valence-electron chi connectivity index (χ1n) is 7.83. The first kappa shape index (κ1) is 17.2. The lowest BCUT2D eigenvalue weighted by Crippen LogP contribution is -2.48. The maximum Gasteiger partial charge on any atom is 0.315 e. The second-order valence-corrected chi connectivity index (χ2v) is 5.85. The van der Waals surface area contributed by atoms with Crippen molar-refractivity contribution in [3.63, 3.8) is 0 Å². The van der Waals surface area contributed by atoms with Crippen molar-refractivity contribution >= 4 is 6.03 Å². The monoisotopic (exact) mass is 286 g/mol. The second kappa shape index (κ2) is 8.47. The molecule has 0 aliphatic carbocycles. The summed E-state index contributed by atoms with van der Waals surface area (Å²) in [7, 11) is 0. The molecule has 2 amide bonds. The molecule has 2 unspecified atom stereocenters. The van der Waals surface area contributed by atoms with Gasteiger partial charge in [-0.1, -0.05) is 13.8 Å². The number of carbonyl (C=O) groups excluding carboxylic acids is 1. The molecule has 1 rings (SSSR count). The molecule has 5 heteroatoms. The summed E-state index contributed by atoms with van der Waals surface area (Å²) in [5, 5.41) is 15.1.